The average molecular weight is 497 g/mol. The normalized spacial score (nSPS) is 11.3. The van der Waals surface area contributed by atoms with Crippen molar-refractivity contribution in [1.82, 2.24) is 9.55 Å². The number of carboxylic acid groups (broad SMARTS) is 1. The Balaban J connectivity index is 1.84. The molecule has 1 amide bonds. The number of imidazole rings is 1. The average Bonchev–Trinajstić information content (AvgIpc) is 3.24. The summed E-state index contributed by atoms with van der Waals surface area (Å²) in [6.45, 7) is 6.13. The lowest BCUT2D eigenvalue weighted by Crippen LogP contribution is -2.26. The van der Waals surface area contributed by atoms with Crippen LogP contribution in [-0.2, 0) is 11.3 Å². The van der Waals surface area contributed by atoms with Crippen molar-refractivity contribution in [1.29, 1.82) is 0 Å². The van der Waals surface area contributed by atoms with Crippen LogP contribution in [0, 0.1) is 10.1 Å². The number of unbranched alkanes of at least 4 members (excludes halogenated alkanes) is 2. The van der Waals surface area contributed by atoms with Crippen LogP contribution in [0.1, 0.15) is 50.5 Å². The van der Waals surface area contributed by atoms with E-state index in [9.17, 15) is 24.8 Å². The summed E-state index contributed by atoms with van der Waals surface area (Å²) in [5.41, 5.74) is 1.43. The second-order valence-electron chi connectivity index (χ2n) is 8.55. The van der Waals surface area contributed by atoms with Crippen LogP contribution in [0.3, 0.4) is 0 Å². The molecule has 3 rings (SSSR count). The highest BCUT2D eigenvalue weighted by atomic mass is 32.2. The fourth-order valence-electron chi connectivity index (χ4n) is 3.33. The second kappa shape index (κ2) is 11.2. The molecule has 184 valence electrons. The Morgan fingerprint density at radius 1 is 1.11 bits per heavy atom. The maximum Gasteiger partial charge on any atom is 0.319 e. The molecule has 1 aromatic heterocycles. The monoisotopic (exact) mass is 496 g/mol. The smallest absolute Gasteiger partial charge is 0.319 e. The number of aryl methyl sites for hydroxylation is 1. The number of anilines is 1. The van der Waals surface area contributed by atoms with Gasteiger partial charge in [0.1, 0.15) is 16.3 Å². The SMILES string of the molecule is CCCCCn1cc(C(=O)Nc2ccc([N+](=O)[O-])cc2)nc1-c1ccc(SC(C)(C)C(=O)O)cc1. The van der Waals surface area contributed by atoms with Crippen molar-refractivity contribution in [2.45, 2.75) is 56.2 Å². The van der Waals surface area contributed by atoms with Crippen molar-refractivity contribution in [3.63, 3.8) is 0 Å². The number of nitrogens with one attached hydrogen (secondary N) is 1. The van der Waals surface area contributed by atoms with Crippen LogP contribution < -0.4 is 5.32 Å². The van der Waals surface area contributed by atoms with Crippen molar-refractivity contribution in [3.8, 4) is 11.4 Å². The Morgan fingerprint density at radius 3 is 2.34 bits per heavy atom. The Bertz CT molecular complexity index is 1200. The summed E-state index contributed by atoms with van der Waals surface area (Å²) >= 11 is 1.26. The quantitative estimate of drug-likeness (QED) is 0.147. The zero-order valence-electron chi connectivity index (χ0n) is 19.9. The van der Waals surface area contributed by atoms with Gasteiger partial charge < -0.3 is 15.0 Å². The minimum Gasteiger partial charge on any atom is -0.480 e. The van der Waals surface area contributed by atoms with Gasteiger partial charge in [0.25, 0.3) is 11.6 Å². The van der Waals surface area contributed by atoms with E-state index in [1.165, 1.54) is 36.0 Å². The Hall–Kier alpha value is -3.66. The molecule has 0 saturated heterocycles. The molecule has 1 heterocycles. The zero-order valence-corrected chi connectivity index (χ0v) is 20.7. The van der Waals surface area contributed by atoms with Gasteiger partial charge in [-0.05, 0) is 44.5 Å². The van der Waals surface area contributed by atoms with E-state index in [1.54, 1.807) is 20.0 Å². The lowest BCUT2D eigenvalue weighted by Gasteiger charge is -2.18. The first-order valence-electron chi connectivity index (χ1n) is 11.3. The number of thioether (sulfide) groups is 1. The number of rotatable bonds is 11. The summed E-state index contributed by atoms with van der Waals surface area (Å²) < 4.78 is 0.993. The number of carbonyl (C=O) groups is 2. The largest absolute Gasteiger partial charge is 0.480 e. The zero-order chi connectivity index (χ0) is 25.6. The number of carboxylic acids is 1. The second-order valence-corrected chi connectivity index (χ2v) is 10.2. The maximum absolute atomic E-state index is 12.9. The van der Waals surface area contributed by atoms with E-state index < -0.39 is 21.5 Å². The van der Waals surface area contributed by atoms with Crippen molar-refractivity contribution in [3.05, 3.63) is 70.5 Å². The van der Waals surface area contributed by atoms with Crippen LogP contribution in [0.15, 0.2) is 59.6 Å². The minimum absolute atomic E-state index is 0.0566. The molecule has 0 radical (unpaired) electrons. The highest BCUT2D eigenvalue weighted by molar-refractivity contribution is 8.01. The van der Waals surface area contributed by atoms with Crippen molar-refractivity contribution >= 4 is 35.0 Å². The molecule has 10 heteroatoms. The van der Waals surface area contributed by atoms with E-state index >= 15 is 0 Å². The molecule has 0 aliphatic carbocycles. The number of nitrogens with zero attached hydrogens (tertiary/aromatic N) is 3. The Kier molecular flexibility index (Phi) is 8.29. The lowest BCUT2D eigenvalue weighted by atomic mass is 10.2. The van der Waals surface area contributed by atoms with Gasteiger partial charge in [0.05, 0.1) is 4.92 Å². The summed E-state index contributed by atoms with van der Waals surface area (Å²) in [4.78, 5) is 40.0. The van der Waals surface area contributed by atoms with Crippen LogP contribution in [-0.4, -0.2) is 36.2 Å². The maximum atomic E-state index is 12.9. The molecular formula is C25H28N4O5S. The highest BCUT2D eigenvalue weighted by Gasteiger charge is 2.28. The number of amides is 1. The summed E-state index contributed by atoms with van der Waals surface area (Å²) in [5, 5.41) is 22.9. The Labute approximate surface area is 207 Å². The fraction of sp³-hybridized carbons (Fsp3) is 0.320. The van der Waals surface area contributed by atoms with Crippen molar-refractivity contribution < 1.29 is 19.6 Å². The van der Waals surface area contributed by atoms with E-state index in [4.69, 9.17) is 0 Å². The lowest BCUT2D eigenvalue weighted by molar-refractivity contribution is -0.384. The number of hydrogen-bond donors (Lipinski definition) is 2. The Morgan fingerprint density at radius 2 is 1.77 bits per heavy atom. The molecule has 0 saturated carbocycles. The molecule has 9 nitrogen and oxygen atoms in total. The van der Waals surface area contributed by atoms with E-state index in [0.717, 1.165) is 29.7 Å². The van der Waals surface area contributed by atoms with E-state index in [0.29, 0.717) is 18.1 Å². The number of benzene rings is 2. The molecule has 0 spiro atoms. The van der Waals surface area contributed by atoms with Gasteiger partial charge in [-0.25, -0.2) is 4.98 Å². The molecule has 35 heavy (non-hydrogen) atoms. The van der Waals surface area contributed by atoms with Gasteiger partial charge in [-0.15, -0.1) is 11.8 Å². The van der Waals surface area contributed by atoms with Crippen LogP contribution >= 0.6 is 11.8 Å². The van der Waals surface area contributed by atoms with Gasteiger partial charge >= 0.3 is 5.97 Å². The number of aromatic nitrogens is 2. The first kappa shape index (κ1) is 26.0. The third kappa shape index (κ3) is 6.69. The minimum atomic E-state index is -0.955. The van der Waals surface area contributed by atoms with E-state index in [1.807, 2.05) is 28.8 Å². The van der Waals surface area contributed by atoms with Crippen LogP contribution in [0.2, 0.25) is 0 Å². The number of aliphatic carboxylic acids is 1. The predicted molar refractivity (Wildman–Crippen MR) is 136 cm³/mol. The van der Waals surface area contributed by atoms with E-state index in [-0.39, 0.29) is 11.4 Å². The first-order valence-corrected chi connectivity index (χ1v) is 12.1. The molecule has 0 bridgehead atoms. The molecule has 0 unspecified atom stereocenters. The number of carbonyl (C=O) groups excluding carboxylic acids is 1. The van der Waals surface area contributed by atoms with E-state index in [2.05, 4.69) is 17.2 Å². The van der Waals surface area contributed by atoms with Crippen LogP contribution in [0.4, 0.5) is 11.4 Å². The molecule has 0 aliphatic rings. The van der Waals surface area contributed by atoms with Crippen LogP contribution in [0.5, 0.6) is 0 Å². The molecule has 2 aromatic carbocycles. The summed E-state index contributed by atoms with van der Waals surface area (Å²) in [7, 11) is 0. The summed E-state index contributed by atoms with van der Waals surface area (Å²) in [6.07, 6.45) is 4.75. The molecule has 3 aromatic rings. The molecule has 0 aliphatic heterocycles. The number of nitro groups is 1. The number of nitro benzene ring substituents is 1. The van der Waals surface area contributed by atoms with Gasteiger partial charge in [-0.1, -0.05) is 31.9 Å². The van der Waals surface area contributed by atoms with Gasteiger partial charge in [-0.2, -0.15) is 0 Å². The van der Waals surface area contributed by atoms with Gasteiger partial charge in [0.15, 0.2) is 0 Å². The standard InChI is InChI=1S/C25H28N4O5S/c1-4-5-6-15-28-16-21(23(30)26-18-9-11-19(12-10-18)29(33)34)27-22(28)17-7-13-20(14-8-17)35-25(2,3)24(31)32/h7-14,16H,4-6,15H2,1-3H3,(H,26,30)(H,31,32). The van der Waals surface area contributed by atoms with Crippen molar-refractivity contribution in [2.24, 2.45) is 0 Å². The molecule has 0 fully saturated rings. The number of hydrogen-bond acceptors (Lipinski definition) is 6. The third-order valence-electron chi connectivity index (χ3n) is 5.35. The van der Waals surface area contributed by atoms with Crippen LogP contribution in [0.25, 0.3) is 11.4 Å². The molecule has 2 N–H and O–H groups in total. The fourth-order valence-corrected chi connectivity index (χ4v) is 4.28. The topological polar surface area (TPSA) is 127 Å². The third-order valence-corrected chi connectivity index (χ3v) is 6.54. The van der Waals surface area contributed by atoms with Crippen molar-refractivity contribution in [2.75, 3.05) is 5.32 Å². The summed E-state index contributed by atoms with van der Waals surface area (Å²) in [6, 6.07) is 13.1. The highest BCUT2D eigenvalue weighted by Crippen LogP contribution is 2.34. The number of non-ortho nitro benzene ring substituents is 1. The van der Waals surface area contributed by atoms with Gasteiger partial charge in [-0.3, -0.25) is 19.7 Å². The van der Waals surface area contributed by atoms with Gasteiger partial charge in [0.2, 0.25) is 0 Å². The molecule has 0 atom stereocenters. The first-order chi connectivity index (χ1) is 16.6. The molecular weight excluding hydrogens is 468 g/mol. The summed E-state index contributed by atoms with van der Waals surface area (Å²) in [5.74, 6) is -0.657. The predicted octanol–water partition coefficient (Wildman–Crippen LogP) is 5.86. The van der Waals surface area contributed by atoms with Gasteiger partial charge in [0, 0.05) is 41.0 Å².